The number of carbonyl (C=O) groups excluding carboxylic acids is 1. The first-order valence-corrected chi connectivity index (χ1v) is 17.3. The zero-order valence-electron chi connectivity index (χ0n) is 28.6. The van der Waals surface area contributed by atoms with E-state index in [1.54, 1.807) is 0 Å². The van der Waals surface area contributed by atoms with E-state index in [0.29, 0.717) is 0 Å². The molecule has 0 atom stereocenters. The van der Waals surface area contributed by atoms with Crippen LogP contribution in [-0.4, -0.2) is 20.9 Å². The predicted octanol–water partition coefficient (Wildman–Crippen LogP) is 11.1. The fourth-order valence-electron chi connectivity index (χ4n) is 6.80. The largest absolute Gasteiger partial charge is 0.512 e. The number of nitrogens with zero attached hydrogens (tertiary/aromatic N) is 2. The molecule has 1 aliphatic rings. The first-order valence-electron chi connectivity index (χ1n) is 17.3. The molecule has 3 heterocycles. The molecule has 7 rings (SSSR count). The van der Waals surface area contributed by atoms with E-state index < -0.39 is 0 Å². The number of aryl methyl sites for hydroxylation is 2. The normalized spacial score (nSPS) is 12.3. The minimum atomic E-state index is 0. The third kappa shape index (κ3) is 7.46. The molecule has 0 fully saturated rings. The third-order valence-electron chi connectivity index (χ3n) is 9.66. The van der Waals surface area contributed by atoms with E-state index in [1.165, 1.54) is 33.7 Å². The summed E-state index contributed by atoms with van der Waals surface area (Å²) in [6, 6.07) is 30.9. The number of hydrogen-bond acceptors (Lipinski definition) is 5. The maximum atomic E-state index is 11.7. The molecule has 49 heavy (non-hydrogen) atoms. The summed E-state index contributed by atoms with van der Waals surface area (Å²) in [5, 5.41) is 13.1. The SMILES string of the molecule is CCC(CC)C(=O)/C=C(\O)C(CC)CC.[Ir].[c-]1c(-c2nccc3c4c(oc23)-c2ncccc2CC4)cc(-c2ccccc2)c2ccccc12. The third-order valence-corrected chi connectivity index (χ3v) is 9.66. The zero-order valence-corrected chi connectivity index (χ0v) is 31.0. The van der Waals surface area contributed by atoms with Crippen molar-refractivity contribution in [2.24, 2.45) is 11.8 Å². The Balaban J connectivity index is 0.000000252. The van der Waals surface area contributed by atoms with Crippen molar-refractivity contribution >= 4 is 27.5 Å². The fourth-order valence-corrected chi connectivity index (χ4v) is 6.80. The first kappa shape index (κ1) is 35.9. The van der Waals surface area contributed by atoms with Gasteiger partial charge in [-0.25, -0.2) is 0 Å². The Morgan fingerprint density at radius 3 is 2.24 bits per heavy atom. The summed E-state index contributed by atoms with van der Waals surface area (Å²) in [7, 11) is 0. The van der Waals surface area contributed by atoms with Crippen LogP contribution in [-0.2, 0) is 37.7 Å². The van der Waals surface area contributed by atoms with Crippen LogP contribution in [0.25, 0.3) is 55.6 Å². The van der Waals surface area contributed by atoms with Crippen LogP contribution in [0.5, 0.6) is 0 Å². The molecule has 1 aliphatic carbocycles. The number of allylic oxidation sites excluding steroid dienone is 2. The molecule has 1 radical (unpaired) electrons. The average Bonchev–Trinajstić information content (AvgIpc) is 3.52. The zero-order chi connectivity index (χ0) is 33.6. The molecule has 0 spiro atoms. The van der Waals surface area contributed by atoms with Crippen LogP contribution >= 0.6 is 0 Å². The first-order chi connectivity index (χ1) is 23.5. The molecule has 0 aliphatic heterocycles. The Labute approximate surface area is 302 Å². The number of hydrogen-bond donors (Lipinski definition) is 1. The van der Waals surface area contributed by atoms with Gasteiger partial charge in [-0.15, -0.1) is 23.6 Å². The summed E-state index contributed by atoms with van der Waals surface area (Å²) in [6.45, 7) is 8.07. The van der Waals surface area contributed by atoms with Gasteiger partial charge in [0.15, 0.2) is 11.5 Å². The molecule has 1 N–H and O–H groups in total. The minimum Gasteiger partial charge on any atom is -0.512 e. The van der Waals surface area contributed by atoms with Crippen LogP contribution in [0.15, 0.2) is 108 Å². The van der Waals surface area contributed by atoms with Crippen LogP contribution in [0.2, 0.25) is 0 Å². The van der Waals surface area contributed by atoms with Crippen LogP contribution < -0.4 is 0 Å². The second kappa shape index (κ2) is 16.3. The summed E-state index contributed by atoms with van der Waals surface area (Å²) in [4.78, 5) is 21.1. The van der Waals surface area contributed by atoms with Crippen molar-refractivity contribution < 1.29 is 34.4 Å². The molecule has 6 aromatic rings. The van der Waals surface area contributed by atoms with E-state index in [9.17, 15) is 9.90 Å². The molecular formula is C43H43IrN2O3-. The molecule has 253 valence electrons. The Bertz CT molecular complexity index is 2070. The van der Waals surface area contributed by atoms with Crippen molar-refractivity contribution in [2.75, 3.05) is 0 Å². The van der Waals surface area contributed by atoms with Gasteiger partial charge in [0.1, 0.15) is 11.3 Å². The maximum absolute atomic E-state index is 11.7. The van der Waals surface area contributed by atoms with Gasteiger partial charge in [-0.2, -0.15) is 0 Å². The summed E-state index contributed by atoms with van der Waals surface area (Å²) >= 11 is 0. The molecule has 6 heteroatoms. The fraction of sp³-hybridized carbons (Fsp3) is 0.279. The molecule has 5 nitrogen and oxygen atoms in total. The monoisotopic (exact) mass is 828 g/mol. The van der Waals surface area contributed by atoms with Crippen LogP contribution in [0.1, 0.15) is 64.5 Å². The van der Waals surface area contributed by atoms with Gasteiger partial charge < -0.3 is 9.52 Å². The van der Waals surface area contributed by atoms with Crippen molar-refractivity contribution in [3.8, 4) is 33.8 Å². The molecular weight excluding hydrogens is 785 g/mol. The van der Waals surface area contributed by atoms with Crippen molar-refractivity contribution in [2.45, 2.75) is 66.2 Å². The van der Waals surface area contributed by atoms with Gasteiger partial charge in [0.25, 0.3) is 0 Å². The Kier molecular flexibility index (Phi) is 12.0. The van der Waals surface area contributed by atoms with Gasteiger partial charge in [0, 0.05) is 67.1 Å². The number of furan rings is 1. The Morgan fingerprint density at radius 1 is 0.816 bits per heavy atom. The summed E-state index contributed by atoms with van der Waals surface area (Å²) in [6.07, 6.45) is 10.5. The molecule has 0 saturated heterocycles. The number of rotatable bonds is 9. The maximum Gasteiger partial charge on any atom is 0.162 e. The van der Waals surface area contributed by atoms with Crippen molar-refractivity contribution in [3.05, 3.63) is 120 Å². The van der Waals surface area contributed by atoms with Gasteiger partial charge in [-0.05, 0) is 61.8 Å². The summed E-state index contributed by atoms with van der Waals surface area (Å²) in [5.41, 5.74) is 8.33. The van der Waals surface area contributed by atoms with E-state index >= 15 is 0 Å². The second-order valence-electron chi connectivity index (χ2n) is 12.5. The van der Waals surface area contributed by atoms with Gasteiger partial charge in [-0.3, -0.25) is 14.8 Å². The molecule has 0 bridgehead atoms. The number of ketones is 1. The summed E-state index contributed by atoms with van der Waals surface area (Å²) in [5.74, 6) is 1.43. The molecule has 0 saturated carbocycles. The number of fused-ring (bicyclic) bond motifs is 6. The van der Waals surface area contributed by atoms with Gasteiger partial charge in [0.05, 0.1) is 5.76 Å². The van der Waals surface area contributed by atoms with Crippen molar-refractivity contribution in [1.82, 2.24) is 9.97 Å². The Hall–Kier alpha value is -4.38. The Morgan fingerprint density at radius 2 is 1.51 bits per heavy atom. The number of aromatic nitrogens is 2. The number of carbonyl (C=O) groups is 1. The number of aliphatic hydroxyl groups is 1. The number of benzene rings is 3. The van der Waals surface area contributed by atoms with E-state index in [4.69, 9.17) is 9.40 Å². The van der Waals surface area contributed by atoms with E-state index in [-0.39, 0.29) is 43.5 Å². The molecule has 3 aromatic heterocycles. The summed E-state index contributed by atoms with van der Waals surface area (Å²) < 4.78 is 6.52. The standard InChI is InChI=1S/C30H19N2O.C13H24O2.Ir/c1-2-7-19(8-3-1)26-18-22(17-21-9-4-5-11-23(21)26)28-30-25(14-16-32-28)24-13-12-20-10-6-15-31-27(20)29(24)33-30;1-5-10(6-2)12(14)9-13(15)11(7-3)8-4;/h1-11,14-16,18H,12-13H2;9-11,14H,5-8H2,1-4H3;/q-1;;/b;12-9-;. The smallest absolute Gasteiger partial charge is 0.162 e. The van der Waals surface area contributed by atoms with Crippen molar-refractivity contribution in [1.29, 1.82) is 0 Å². The van der Waals surface area contributed by atoms with Crippen LogP contribution in [0, 0.1) is 17.9 Å². The molecule has 3 aromatic carbocycles. The minimum absolute atomic E-state index is 0. The van der Waals surface area contributed by atoms with Crippen molar-refractivity contribution in [3.63, 3.8) is 0 Å². The van der Waals surface area contributed by atoms with Gasteiger partial charge in [0.2, 0.25) is 0 Å². The van der Waals surface area contributed by atoms with Crippen LogP contribution in [0.4, 0.5) is 0 Å². The van der Waals surface area contributed by atoms with E-state index in [1.807, 2.05) is 52.2 Å². The average molecular weight is 828 g/mol. The van der Waals surface area contributed by atoms with E-state index in [0.717, 1.165) is 77.6 Å². The second-order valence-corrected chi connectivity index (χ2v) is 12.5. The number of pyridine rings is 2. The quantitative estimate of drug-likeness (QED) is 0.0892. The van der Waals surface area contributed by atoms with Crippen LogP contribution in [0.3, 0.4) is 0 Å². The number of aliphatic hydroxyl groups excluding tert-OH is 1. The van der Waals surface area contributed by atoms with Gasteiger partial charge in [-0.1, -0.05) is 98.8 Å². The van der Waals surface area contributed by atoms with Gasteiger partial charge >= 0.3 is 0 Å². The topological polar surface area (TPSA) is 76.2 Å². The van der Waals surface area contributed by atoms with E-state index in [2.05, 4.69) is 77.8 Å². The molecule has 0 amide bonds. The predicted molar refractivity (Wildman–Crippen MR) is 196 cm³/mol. The molecule has 0 unspecified atom stereocenters.